The van der Waals surface area contributed by atoms with Crippen LogP contribution in [0.25, 0.3) is 0 Å². The molecule has 0 aliphatic heterocycles. The van der Waals surface area contributed by atoms with Crippen LogP contribution in [0.15, 0.2) is 48.5 Å². The van der Waals surface area contributed by atoms with Gasteiger partial charge in [-0.25, -0.2) is 0 Å². The van der Waals surface area contributed by atoms with E-state index in [1.54, 1.807) is 6.07 Å². The van der Waals surface area contributed by atoms with Crippen molar-refractivity contribution in [2.45, 2.75) is 26.7 Å². The molecule has 21 heavy (non-hydrogen) atoms. The zero-order valence-electron chi connectivity index (χ0n) is 12.2. The Balaban J connectivity index is 1.99. The predicted molar refractivity (Wildman–Crippen MR) is 90.2 cm³/mol. The summed E-state index contributed by atoms with van der Waals surface area (Å²) < 4.78 is 5.95. The summed E-state index contributed by atoms with van der Waals surface area (Å²) >= 11 is 11.9. The van der Waals surface area contributed by atoms with Crippen LogP contribution in [0.4, 0.5) is 5.69 Å². The predicted octanol–water partition coefficient (Wildman–Crippen LogP) is 5.38. The molecule has 0 saturated carbocycles. The van der Waals surface area contributed by atoms with E-state index in [9.17, 15) is 0 Å². The normalized spacial score (nSPS) is 12.2. The van der Waals surface area contributed by atoms with E-state index in [1.165, 1.54) is 0 Å². The van der Waals surface area contributed by atoms with Gasteiger partial charge in [-0.3, -0.25) is 0 Å². The van der Waals surface area contributed by atoms with Gasteiger partial charge in [-0.1, -0.05) is 47.5 Å². The molecule has 0 fully saturated rings. The molecule has 2 nitrogen and oxygen atoms in total. The average molecular weight is 324 g/mol. The Morgan fingerprint density at radius 2 is 1.76 bits per heavy atom. The quantitative estimate of drug-likeness (QED) is 0.661. The molecule has 1 unspecified atom stereocenters. The van der Waals surface area contributed by atoms with Crippen LogP contribution in [-0.2, 0) is 11.3 Å². The zero-order chi connectivity index (χ0) is 15.2. The fraction of sp³-hybridized carbons (Fsp3) is 0.294. The number of hydrogen-bond acceptors (Lipinski definition) is 2. The van der Waals surface area contributed by atoms with E-state index in [1.807, 2.05) is 37.3 Å². The first kappa shape index (κ1) is 16.2. The molecule has 0 aromatic heterocycles. The first-order valence-corrected chi connectivity index (χ1v) is 7.74. The summed E-state index contributed by atoms with van der Waals surface area (Å²) in [5, 5.41) is 1.12. The Hall–Kier alpha value is -1.22. The van der Waals surface area contributed by atoms with Crippen LogP contribution < -0.4 is 4.90 Å². The minimum absolute atomic E-state index is 0.0214. The maximum absolute atomic E-state index is 6.02. The third-order valence-corrected chi connectivity index (χ3v) is 4.08. The van der Waals surface area contributed by atoms with Gasteiger partial charge in [0.2, 0.25) is 0 Å². The van der Waals surface area contributed by atoms with Crippen LogP contribution >= 0.6 is 23.2 Å². The highest BCUT2D eigenvalue weighted by molar-refractivity contribution is 6.42. The van der Waals surface area contributed by atoms with Gasteiger partial charge >= 0.3 is 0 Å². The number of halogens is 2. The smallest absolute Gasteiger partial charge is 0.127 e. The summed E-state index contributed by atoms with van der Waals surface area (Å²) in [5.74, 6) is 0. The number of nitrogens with zero attached hydrogens (tertiary/aromatic N) is 1. The number of para-hydroxylation sites is 1. The van der Waals surface area contributed by atoms with E-state index in [0.29, 0.717) is 16.7 Å². The lowest BCUT2D eigenvalue weighted by Crippen LogP contribution is -2.34. The Morgan fingerprint density at radius 1 is 1.05 bits per heavy atom. The van der Waals surface area contributed by atoms with E-state index in [4.69, 9.17) is 27.9 Å². The number of hydrogen-bond donors (Lipinski definition) is 0. The minimum atomic E-state index is -0.0214. The van der Waals surface area contributed by atoms with E-state index < -0.39 is 0 Å². The van der Waals surface area contributed by atoms with Gasteiger partial charge in [-0.05, 0) is 43.7 Å². The van der Waals surface area contributed by atoms with Crippen LogP contribution in [-0.4, -0.2) is 12.8 Å². The largest absolute Gasteiger partial charge is 0.354 e. The molecule has 0 N–H and O–H groups in total. The molecule has 0 bridgehead atoms. The number of rotatable bonds is 6. The summed E-state index contributed by atoms with van der Waals surface area (Å²) in [4.78, 5) is 2.21. The van der Waals surface area contributed by atoms with Gasteiger partial charge in [0, 0.05) is 12.2 Å². The molecular weight excluding hydrogens is 305 g/mol. The van der Waals surface area contributed by atoms with Gasteiger partial charge in [0.05, 0.1) is 16.7 Å². The molecule has 0 heterocycles. The van der Waals surface area contributed by atoms with Crippen LogP contribution in [0.5, 0.6) is 0 Å². The van der Waals surface area contributed by atoms with Crippen molar-refractivity contribution in [3.8, 4) is 0 Å². The van der Waals surface area contributed by atoms with Gasteiger partial charge in [-0.2, -0.15) is 0 Å². The lowest BCUT2D eigenvalue weighted by Gasteiger charge is -2.30. The summed E-state index contributed by atoms with van der Waals surface area (Å²) in [6.45, 7) is 5.55. The van der Waals surface area contributed by atoms with Crippen LogP contribution in [0.3, 0.4) is 0 Å². The van der Waals surface area contributed by atoms with E-state index >= 15 is 0 Å². The molecule has 0 aliphatic carbocycles. The summed E-state index contributed by atoms with van der Waals surface area (Å²) in [6.07, 6.45) is -0.0214. The second kappa shape index (κ2) is 7.69. The van der Waals surface area contributed by atoms with Crippen molar-refractivity contribution in [2.75, 3.05) is 11.4 Å². The molecule has 0 aliphatic rings. The molecule has 0 spiro atoms. The van der Waals surface area contributed by atoms with Crippen molar-refractivity contribution in [3.63, 3.8) is 0 Å². The molecular formula is C17H19Cl2NO. The summed E-state index contributed by atoms with van der Waals surface area (Å²) in [7, 11) is 0. The summed E-state index contributed by atoms with van der Waals surface area (Å²) in [5.41, 5.74) is 2.17. The van der Waals surface area contributed by atoms with Crippen LogP contribution in [0.1, 0.15) is 19.4 Å². The molecule has 2 aromatic rings. The zero-order valence-corrected chi connectivity index (χ0v) is 13.7. The van der Waals surface area contributed by atoms with Crippen LogP contribution in [0, 0.1) is 0 Å². The van der Waals surface area contributed by atoms with Gasteiger partial charge < -0.3 is 9.64 Å². The fourth-order valence-corrected chi connectivity index (χ4v) is 2.53. The SMILES string of the molecule is CCN(c1ccccc1)C(C)OCc1ccc(Cl)c(Cl)c1. The molecule has 112 valence electrons. The molecule has 0 amide bonds. The fourth-order valence-electron chi connectivity index (χ4n) is 2.21. The number of ether oxygens (including phenoxy) is 1. The maximum Gasteiger partial charge on any atom is 0.127 e. The summed E-state index contributed by atoms with van der Waals surface area (Å²) in [6, 6.07) is 15.8. The van der Waals surface area contributed by atoms with E-state index in [-0.39, 0.29) is 6.23 Å². The van der Waals surface area contributed by atoms with Gasteiger partial charge in [0.25, 0.3) is 0 Å². The average Bonchev–Trinajstić information content (AvgIpc) is 2.50. The highest BCUT2D eigenvalue weighted by Crippen LogP contribution is 2.23. The highest BCUT2D eigenvalue weighted by atomic mass is 35.5. The van der Waals surface area contributed by atoms with E-state index in [0.717, 1.165) is 17.8 Å². The maximum atomic E-state index is 6.02. The molecule has 0 saturated heterocycles. The Kier molecular flexibility index (Phi) is 5.92. The molecule has 1 atom stereocenters. The lowest BCUT2D eigenvalue weighted by molar-refractivity contribution is 0.0513. The van der Waals surface area contributed by atoms with Crippen molar-refractivity contribution in [3.05, 3.63) is 64.1 Å². The third-order valence-electron chi connectivity index (χ3n) is 3.34. The van der Waals surface area contributed by atoms with Crippen molar-refractivity contribution in [1.29, 1.82) is 0 Å². The number of benzene rings is 2. The molecule has 2 aromatic carbocycles. The van der Waals surface area contributed by atoms with Gasteiger partial charge in [0.1, 0.15) is 6.23 Å². The number of anilines is 1. The minimum Gasteiger partial charge on any atom is -0.354 e. The monoisotopic (exact) mass is 323 g/mol. The van der Waals surface area contributed by atoms with E-state index in [2.05, 4.69) is 24.0 Å². The van der Waals surface area contributed by atoms with Crippen molar-refractivity contribution >= 4 is 28.9 Å². The van der Waals surface area contributed by atoms with Gasteiger partial charge in [0.15, 0.2) is 0 Å². The Bertz CT molecular complexity index is 574. The Labute approximate surface area is 136 Å². The van der Waals surface area contributed by atoms with Crippen LogP contribution in [0.2, 0.25) is 10.0 Å². The van der Waals surface area contributed by atoms with Crippen molar-refractivity contribution in [1.82, 2.24) is 0 Å². The third kappa shape index (κ3) is 4.37. The second-order valence-corrected chi connectivity index (χ2v) is 5.59. The first-order valence-electron chi connectivity index (χ1n) is 6.99. The Morgan fingerprint density at radius 3 is 2.38 bits per heavy atom. The highest BCUT2D eigenvalue weighted by Gasteiger charge is 2.13. The van der Waals surface area contributed by atoms with Gasteiger partial charge in [-0.15, -0.1) is 0 Å². The molecule has 2 rings (SSSR count). The second-order valence-electron chi connectivity index (χ2n) is 4.78. The topological polar surface area (TPSA) is 12.5 Å². The van der Waals surface area contributed by atoms with Crippen molar-refractivity contribution in [2.24, 2.45) is 0 Å². The first-order chi connectivity index (χ1) is 10.1. The molecule has 4 heteroatoms. The lowest BCUT2D eigenvalue weighted by atomic mass is 10.2. The molecule has 0 radical (unpaired) electrons. The standard InChI is InChI=1S/C17H19Cl2NO/c1-3-20(15-7-5-4-6-8-15)13(2)21-12-14-9-10-16(18)17(19)11-14/h4-11,13H,3,12H2,1-2H3. The van der Waals surface area contributed by atoms with Crippen molar-refractivity contribution < 1.29 is 4.74 Å².